The number of benzene rings is 2. The molecule has 0 aliphatic heterocycles. The molecule has 1 N–H and O–H groups in total. The van der Waals surface area contributed by atoms with Crippen LogP contribution < -0.4 is 5.32 Å². The fourth-order valence-corrected chi connectivity index (χ4v) is 4.89. The van der Waals surface area contributed by atoms with Gasteiger partial charge < -0.3 is 5.32 Å². The molecule has 104 valence electrons. The van der Waals surface area contributed by atoms with E-state index in [1.165, 1.54) is 0 Å². The maximum atomic E-state index is 4.58. The molecule has 0 atom stereocenters. The van der Waals surface area contributed by atoms with Crippen LogP contribution in [0.3, 0.4) is 0 Å². The Kier molecular flexibility index (Phi) is 3.45. The van der Waals surface area contributed by atoms with Gasteiger partial charge in [-0.25, -0.2) is 9.97 Å². The average molecular weight is 441 g/mol. The molecule has 0 saturated heterocycles. The summed E-state index contributed by atoms with van der Waals surface area (Å²) in [4.78, 5) is 9.16. The Labute approximate surface area is 145 Å². The lowest BCUT2D eigenvalue weighted by molar-refractivity contribution is 1.40. The van der Waals surface area contributed by atoms with E-state index >= 15 is 0 Å². The van der Waals surface area contributed by atoms with Crippen LogP contribution in [0, 0.1) is 0 Å². The van der Waals surface area contributed by atoms with Gasteiger partial charge in [-0.3, -0.25) is 0 Å². The highest BCUT2D eigenvalue weighted by molar-refractivity contribution is 9.10. The van der Waals surface area contributed by atoms with Crippen LogP contribution in [0.4, 0.5) is 10.3 Å². The molecule has 0 aliphatic rings. The lowest BCUT2D eigenvalue weighted by atomic mass is 10.3. The fourth-order valence-electron chi connectivity index (χ4n) is 2.00. The largest absolute Gasteiger partial charge is 0.307 e. The number of anilines is 2. The Morgan fingerprint density at radius 2 is 1.24 bits per heavy atom. The lowest BCUT2D eigenvalue weighted by Gasteiger charge is -1.93. The van der Waals surface area contributed by atoms with Crippen molar-refractivity contribution in [3.8, 4) is 0 Å². The van der Waals surface area contributed by atoms with Crippen LogP contribution in [0.1, 0.15) is 0 Å². The second kappa shape index (κ2) is 5.31. The Hall–Kier alpha value is -1.02. The van der Waals surface area contributed by atoms with Gasteiger partial charge in [-0.2, -0.15) is 0 Å². The smallest absolute Gasteiger partial charge is 0.190 e. The number of nitrogens with zero attached hydrogens (tertiary/aromatic N) is 2. The Morgan fingerprint density at radius 3 is 1.71 bits per heavy atom. The summed E-state index contributed by atoms with van der Waals surface area (Å²) in [5.74, 6) is 0. The molecule has 0 spiro atoms. The van der Waals surface area contributed by atoms with Gasteiger partial charge >= 0.3 is 0 Å². The summed E-state index contributed by atoms with van der Waals surface area (Å²) in [6.07, 6.45) is 0. The molecule has 4 aromatic rings. The van der Waals surface area contributed by atoms with Crippen molar-refractivity contribution < 1.29 is 0 Å². The van der Waals surface area contributed by atoms with Crippen LogP contribution in [-0.2, 0) is 0 Å². The van der Waals surface area contributed by atoms with E-state index in [1.807, 2.05) is 24.3 Å². The van der Waals surface area contributed by atoms with E-state index in [-0.39, 0.29) is 0 Å². The second-order valence-electron chi connectivity index (χ2n) is 4.39. The molecule has 0 amide bonds. The predicted octanol–water partition coefficient (Wildman–Crippen LogP) is 6.17. The zero-order chi connectivity index (χ0) is 14.4. The molecular weight excluding hydrogens is 434 g/mol. The summed E-state index contributed by atoms with van der Waals surface area (Å²) in [6.45, 7) is 0. The van der Waals surface area contributed by atoms with Crippen molar-refractivity contribution in [3.63, 3.8) is 0 Å². The Morgan fingerprint density at radius 1 is 0.762 bits per heavy atom. The topological polar surface area (TPSA) is 37.8 Å². The number of fused-ring (bicyclic) bond motifs is 2. The van der Waals surface area contributed by atoms with Crippen molar-refractivity contribution in [2.24, 2.45) is 0 Å². The molecule has 2 aromatic carbocycles. The van der Waals surface area contributed by atoms with Crippen LogP contribution in [0.15, 0.2) is 45.3 Å². The van der Waals surface area contributed by atoms with Gasteiger partial charge in [0.05, 0.1) is 20.4 Å². The molecule has 4 rings (SSSR count). The van der Waals surface area contributed by atoms with E-state index in [9.17, 15) is 0 Å². The first-order valence-electron chi connectivity index (χ1n) is 6.06. The third-order valence-electron chi connectivity index (χ3n) is 2.91. The first-order chi connectivity index (χ1) is 10.2. The van der Waals surface area contributed by atoms with E-state index < -0.39 is 0 Å². The van der Waals surface area contributed by atoms with Gasteiger partial charge in [-0.15, -0.1) is 0 Å². The van der Waals surface area contributed by atoms with Gasteiger partial charge in [0.15, 0.2) is 10.3 Å². The Bertz CT molecular complexity index is 883. The average Bonchev–Trinajstić information content (AvgIpc) is 3.00. The summed E-state index contributed by atoms with van der Waals surface area (Å²) in [5, 5.41) is 5.03. The Balaban J connectivity index is 1.71. The van der Waals surface area contributed by atoms with Crippen LogP contribution in [0.2, 0.25) is 0 Å². The first kappa shape index (κ1) is 13.6. The molecule has 0 aliphatic carbocycles. The van der Waals surface area contributed by atoms with Crippen molar-refractivity contribution in [2.75, 3.05) is 5.32 Å². The van der Waals surface area contributed by atoms with Gasteiger partial charge in [-0.05, 0) is 36.4 Å². The number of nitrogens with one attached hydrogen (secondary N) is 1. The highest BCUT2D eigenvalue weighted by Gasteiger charge is 2.08. The van der Waals surface area contributed by atoms with Crippen LogP contribution in [0.5, 0.6) is 0 Å². The number of aromatic nitrogens is 2. The quantitative estimate of drug-likeness (QED) is 0.404. The highest BCUT2D eigenvalue weighted by Crippen LogP contribution is 2.34. The van der Waals surface area contributed by atoms with Crippen LogP contribution in [0.25, 0.3) is 20.4 Å². The minimum absolute atomic E-state index is 0.862. The van der Waals surface area contributed by atoms with Gasteiger partial charge in [0.2, 0.25) is 0 Å². The van der Waals surface area contributed by atoms with Crippen molar-refractivity contribution in [2.45, 2.75) is 0 Å². The number of rotatable bonds is 2. The number of hydrogen-bond donors (Lipinski definition) is 1. The van der Waals surface area contributed by atoms with Crippen molar-refractivity contribution in [3.05, 3.63) is 45.3 Å². The number of thiazole rings is 2. The summed E-state index contributed by atoms with van der Waals surface area (Å²) in [5.41, 5.74) is 1.99. The first-order valence-corrected chi connectivity index (χ1v) is 9.28. The van der Waals surface area contributed by atoms with E-state index in [0.717, 1.165) is 39.6 Å². The third-order valence-corrected chi connectivity index (χ3v) is 5.77. The molecule has 0 bridgehead atoms. The van der Waals surface area contributed by atoms with Gasteiger partial charge in [0, 0.05) is 8.95 Å². The lowest BCUT2D eigenvalue weighted by Crippen LogP contribution is -1.86. The molecule has 2 heterocycles. The molecule has 7 heteroatoms. The molecule has 0 saturated carbocycles. The summed E-state index contributed by atoms with van der Waals surface area (Å²) >= 11 is 10.2. The maximum absolute atomic E-state index is 4.58. The molecule has 21 heavy (non-hydrogen) atoms. The summed E-state index contributed by atoms with van der Waals surface area (Å²) < 4.78 is 4.43. The minimum Gasteiger partial charge on any atom is -0.307 e. The molecule has 3 nitrogen and oxygen atoms in total. The van der Waals surface area contributed by atoms with Gasteiger partial charge in [0.25, 0.3) is 0 Å². The molecular formula is C14H7Br2N3S2. The predicted molar refractivity (Wildman–Crippen MR) is 97.9 cm³/mol. The number of halogens is 2. The zero-order valence-electron chi connectivity index (χ0n) is 10.4. The SMILES string of the molecule is Brc1ccc2nc(Nc3nc4ccc(Br)cc4s3)sc2c1. The standard InChI is InChI=1S/C14H7Br2N3S2/c15-7-1-3-9-11(5-7)20-13(17-9)19-14-18-10-4-2-8(16)6-12(10)21-14/h1-6H,(H,17,18,19). The van der Waals surface area contributed by atoms with Crippen LogP contribution in [-0.4, -0.2) is 9.97 Å². The number of hydrogen-bond acceptors (Lipinski definition) is 5. The van der Waals surface area contributed by atoms with Crippen LogP contribution >= 0.6 is 54.5 Å². The van der Waals surface area contributed by atoms with Crippen molar-refractivity contribution >= 4 is 85.2 Å². The fraction of sp³-hybridized carbons (Fsp3) is 0. The second-order valence-corrected chi connectivity index (χ2v) is 8.28. The highest BCUT2D eigenvalue weighted by atomic mass is 79.9. The molecule has 0 radical (unpaired) electrons. The summed E-state index contributed by atoms with van der Waals surface area (Å²) in [6, 6.07) is 12.2. The summed E-state index contributed by atoms with van der Waals surface area (Å²) in [7, 11) is 0. The van der Waals surface area contributed by atoms with Crippen molar-refractivity contribution in [1.29, 1.82) is 0 Å². The van der Waals surface area contributed by atoms with Gasteiger partial charge in [0.1, 0.15) is 0 Å². The zero-order valence-corrected chi connectivity index (χ0v) is 15.2. The molecule has 0 unspecified atom stereocenters. The van der Waals surface area contributed by atoms with E-state index in [4.69, 9.17) is 0 Å². The van der Waals surface area contributed by atoms with E-state index in [1.54, 1.807) is 22.7 Å². The molecule has 2 aromatic heterocycles. The maximum Gasteiger partial charge on any atom is 0.190 e. The molecule has 0 fully saturated rings. The van der Waals surface area contributed by atoms with E-state index in [0.29, 0.717) is 0 Å². The normalized spacial score (nSPS) is 11.3. The van der Waals surface area contributed by atoms with E-state index in [2.05, 4.69) is 59.3 Å². The third kappa shape index (κ3) is 2.70. The minimum atomic E-state index is 0.862. The van der Waals surface area contributed by atoms with Crippen molar-refractivity contribution in [1.82, 2.24) is 9.97 Å². The van der Waals surface area contributed by atoms with Gasteiger partial charge in [-0.1, -0.05) is 54.5 Å². The monoisotopic (exact) mass is 439 g/mol.